The molecule has 1 aliphatic rings. The van der Waals surface area contributed by atoms with Crippen LogP contribution >= 0.6 is 0 Å². The molecule has 0 spiro atoms. The van der Waals surface area contributed by atoms with Crippen molar-refractivity contribution in [3.05, 3.63) is 0 Å². The van der Waals surface area contributed by atoms with Gasteiger partial charge in [-0.3, -0.25) is 5.32 Å². The van der Waals surface area contributed by atoms with E-state index < -0.39 is 5.54 Å². The molecule has 110 valence electrons. The largest absolute Gasteiger partial charge is 0.302 e. The molecule has 1 saturated carbocycles. The van der Waals surface area contributed by atoms with Gasteiger partial charge in [0.15, 0.2) is 0 Å². The van der Waals surface area contributed by atoms with Crippen molar-refractivity contribution < 1.29 is 0 Å². The van der Waals surface area contributed by atoms with Gasteiger partial charge in [0.2, 0.25) is 0 Å². The lowest BCUT2D eigenvalue weighted by Crippen LogP contribution is -2.59. The van der Waals surface area contributed by atoms with E-state index in [1.807, 2.05) is 6.92 Å². The van der Waals surface area contributed by atoms with Crippen molar-refractivity contribution in [1.29, 1.82) is 5.26 Å². The molecular weight excluding hydrogens is 236 g/mol. The molecule has 19 heavy (non-hydrogen) atoms. The van der Waals surface area contributed by atoms with Crippen LogP contribution in [-0.4, -0.2) is 61.7 Å². The molecule has 0 amide bonds. The number of nitrogens with zero attached hydrogens (tertiary/aromatic N) is 3. The minimum Gasteiger partial charge on any atom is -0.302 e. The normalized spacial score (nSPS) is 20.9. The predicted molar refractivity (Wildman–Crippen MR) is 80.1 cm³/mol. The van der Waals surface area contributed by atoms with Crippen LogP contribution in [0.4, 0.5) is 0 Å². The second kappa shape index (κ2) is 6.69. The Morgan fingerprint density at radius 1 is 1.32 bits per heavy atom. The number of rotatable bonds is 8. The first kappa shape index (κ1) is 16.4. The Morgan fingerprint density at radius 3 is 2.32 bits per heavy atom. The highest BCUT2D eigenvalue weighted by molar-refractivity contribution is 5.07. The van der Waals surface area contributed by atoms with E-state index in [-0.39, 0.29) is 0 Å². The van der Waals surface area contributed by atoms with E-state index in [1.54, 1.807) is 0 Å². The summed E-state index contributed by atoms with van der Waals surface area (Å²) < 4.78 is 0. The van der Waals surface area contributed by atoms with Crippen LogP contribution in [0.5, 0.6) is 0 Å². The molecule has 0 aliphatic heterocycles. The summed E-state index contributed by atoms with van der Waals surface area (Å²) in [6.45, 7) is 6.85. The number of hydrogen-bond acceptors (Lipinski definition) is 4. The van der Waals surface area contributed by atoms with E-state index in [9.17, 15) is 5.26 Å². The number of likely N-dealkylation sites (N-methyl/N-ethyl adjacent to an activating group) is 2. The Labute approximate surface area is 118 Å². The van der Waals surface area contributed by atoms with Crippen LogP contribution in [0.2, 0.25) is 0 Å². The SMILES string of the molecule is CCCNC(C)(C#N)CN(C)CC1(N(C)C)CCC1. The van der Waals surface area contributed by atoms with Crippen molar-refractivity contribution in [2.75, 3.05) is 40.8 Å². The Balaban J connectivity index is 2.53. The fraction of sp³-hybridized carbons (Fsp3) is 0.933. The number of hydrogen-bond donors (Lipinski definition) is 1. The van der Waals surface area contributed by atoms with Gasteiger partial charge in [0.1, 0.15) is 5.54 Å². The molecule has 4 nitrogen and oxygen atoms in total. The molecule has 1 fully saturated rings. The molecule has 0 aromatic carbocycles. The minimum absolute atomic E-state index is 0.329. The van der Waals surface area contributed by atoms with Crippen molar-refractivity contribution in [2.24, 2.45) is 0 Å². The van der Waals surface area contributed by atoms with E-state index >= 15 is 0 Å². The van der Waals surface area contributed by atoms with E-state index in [2.05, 4.69) is 49.3 Å². The minimum atomic E-state index is -0.442. The highest BCUT2D eigenvalue weighted by Gasteiger charge is 2.40. The zero-order chi connectivity index (χ0) is 14.5. The van der Waals surface area contributed by atoms with Crippen LogP contribution in [0.1, 0.15) is 39.5 Å². The molecule has 1 aliphatic carbocycles. The highest BCUT2D eigenvalue weighted by atomic mass is 15.2. The Morgan fingerprint density at radius 2 is 1.95 bits per heavy atom. The molecular formula is C15H30N4. The third-order valence-corrected chi connectivity index (χ3v) is 4.40. The molecule has 0 aromatic rings. The van der Waals surface area contributed by atoms with Gasteiger partial charge in [0.25, 0.3) is 0 Å². The van der Waals surface area contributed by atoms with Crippen molar-refractivity contribution in [3.8, 4) is 6.07 Å². The third kappa shape index (κ3) is 4.17. The van der Waals surface area contributed by atoms with Crippen molar-refractivity contribution in [1.82, 2.24) is 15.1 Å². The van der Waals surface area contributed by atoms with Gasteiger partial charge < -0.3 is 9.80 Å². The molecule has 0 radical (unpaired) electrons. The maximum atomic E-state index is 9.39. The van der Waals surface area contributed by atoms with Crippen molar-refractivity contribution >= 4 is 0 Å². The Bertz CT molecular complexity index is 317. The van der Waals surface area contributed by atoms with Crippen LogP contribution in [0.3, 0.4) is 0 Å². The summed E-state index contributed by atoms with van der Waals surface area (Å²) in [5.41, 5.74) is -0.113. The van der Waals surface area contributed by atoms with Crippen LogP contribution in [0.15, 0.2) is 0 Å². The first-order valence-electron chi connectivity index (χ1n) is 7.40. The van der Waals surface area contributed by atoms with Gasteiger partial charge in [0, 0.05) is 18.6 Å². The Hall–Kier alpha value is -0.630. The maximum Gasteiger partial charge on any atom is 0.116 e. The summed E-state index contributed by atoms with van der Waals surface area (Å²) in [6.07, 6.45) is 4.93. The van der Waals surface area contributed by atoms with Crippen LogP contribution in [0, 0.1) is 11.3 Å². The summed E-state index contributed by atoms with van der Waals surface area (Å²) >= 11 is 0. The van der Waals surface area contributed by atoms with E-state index in [0.29, 0.717) is 5.54 Å². The molecule has 0 heterocycles. The average Bonchev–Trinajstić information content (AvgIpc) is 2.31. The van der Waals surface area contributed by atoms with Crippen molar-refractivity contribution in [2.45, 2.75) is 50.6 Å². The van der Waals surface area contributed by atoms with E-state index in [0.717, 1.165) is 26.1 Å². The van der Waals surface area contributed by atoms with Crippen LogP contribution in [0.25, 0.3) is 0 Å². The zero-order valence-electron chi connectivity index (χ0n) is 13.3. The molecule has 0 saturated heterocycles. The first-order chi connectivity index (χ1) is 8.87. The first-order valence-corrected chi connectivity index (χ1v) is 7.40. The lowest BCUT2D eigenvalue weighted by molar-refractivity contribution is 0.0237. The fourth-order valence-corrected chi connectivity index (χ4v) is 2.96. The summed E-state index contributed by atoms with van der Waals surface area (Å²) in [5.74, 6) is 0. The van der Waals surface area contributed by atoms with Gasteiger partial charge in [-0.05, 0) is 60.3 Å². The lowest BCUT2D eigenvalue weighted by atomic mass is 9.75. The topological polar surface area (TPSA) is 42.3 Å². The molecule has 0 aromatic heterocycles. The number of nitriles is 1. The van der Waals surface area contributed by atoms with Crippen LogP contribution in [-0.2, 0) is 0 Å². The van der Waals surface area contributed by atoms with Crippen LogP contribution < -0.4 is 5.32 Å². The lowest BCUT2D eigenvalue weighted by Gasteiger charge is -2.50. The Kier molecular flexibility index (Phi) is 5.79. The molecule has 1 N–H and O–H groups in total. The predicted octanol–water partition coefficient (Wildman–Crippen LogP) is 1.68. The van der Waals surface area contributed by atoms with Gasteiger partial charge >= 0.3 is 0 Å². The highest BCUT2D eigenvalue weighted by Crippen LogP contribution is 2.36. The smallest absolute Gasteiger partial charge is 0.116 e. The summed E-state index contributed by atoms with van der Waals surface area (Å²) in [7, 11) is 6.48. The van der Waals surface area contributed by atoms with Gasteiger partial charge in [-0.25, -0.2) is 0 Å². The van der Waals surface area contributed by atoms with Gasteiger partial charge in [-0.2, -0.15) is 5.26 Å². The molecule has 1 atom stereocenters. The third-order valence-electron chi connectivity index (χ3n) is 4.40. The molecule has 0 bridgehead atoms. The van der Waals surface area contributed by atoms with Gasteiger partial charge in [0.05, 0.1) is 6.07 Å². The van der Waals surface area contributed by atoms with Gasteiger partial charge in [-0.15, -0.1) is 0 Å². The standard InChI is InChI=1S/C15H30N4/c1-6-10-17-14(2,11-16)12-19(5)13-15(18(3)4)8-7-9-15/h17H,6-10,12-13H2,1-5H3. The summed E-state index contributed by atoms with van der Waals surface area (Å²) in [4.78, 5) is 4.67. The molecule has 1 unspecified atom stereocenters. The maximum absolute atomic E-state index is 9.39. The quantitative estimate of drug-likeness (QED) is 0.726. The molecule has 4 heteroatoms. The average molecular weight is 266 g/mol. The number of nitrogens with one attached hydrogen (secondary N) is 1. The summed E-state index contributed by atoms with van der Waals surface area (Å²) in [5, 5.41) is 12.8. The van der Waals surface area contributed by atoms with Gasteiger partial charge in [-0.1, -0.05) is 6.92 Å². The second-order valence-corrected chi connectivity index (χ2v) is 6.52. The fourth-order valence-electron chi connectivity index (χ4n) is 2.96. The molecule has 1 rings (SSSR count). The summed E-state index contributed by atoms with van der Waals surface area (Å²) in [6, 6.07) is 2.43. The zero-order valence-corrected chi connectivity index (χ0v) is 13.3. The van der Waals surface area contributed by atoms with E-state index in [1.165, 1.54) is 19.3 Å². The monoisotopic (exact) mass is 266 g/mol. The van der Waals surface area contributed by atoms with Crippen molar-refractivity contribution in [3.63, 3.8) is 0 Å². The second-order valence-electron chi connectivity index (χ2n) is 6.52. The van der Waals surface area contributed by atoms with E-state index in [4.69, 9.17) is 0 Å².